The summed E-state index contributed by atoms with van der Waals surface area (Å²) in [4.78, 5) is 16.4. The Morgan fingerprint density at radius 2 is 1.72 bits per heavy atom. The van der Waals surface area contributed by atoms with Crippen LogP contribution < -0.4 is 10.1 Å². The van der Waals surface area contributed by atoms with Crippen molar-refractivity contribution in [1.29, 1.82) is 0 Å². The van der Waals surface area contributed by atoms with Gasteiger partial charge in [0.1, 0.15) is 23.2 Å². The van der Waals surface area contributed by atoms with Crippen LogP contribution in [0.2, 0.25) is 0 Å². The zero-order valence-electron chi connectivity index (χ0n) is 17.7. The van der Waals surface area contributed by atoms with E-state index in [1.165, 1.54) is 0 Å². The molecule has 29 heavy (non-hydrogen) atoms. The monoisotopic (exact) mass is 398 g/mol. The molecular weight excluding hydrogens is 368 g/mol. The molecule has 0 spiro atoms. The maximum absolute atomic E-state index is 11.8. The average molecular weight is 399 g/mol. The zero-order chi connectivity index (χ0) is 21.2. The molecule has 1 heterocycles. The highest BCUT2D eigenvalue weighted by Gasteiger charge is 2.33. The number of ether oxygens (including phenoxy) is 2. The van der Waals surface area contributed by atoms with Crippen LogP contribution in [0.5, 0.6) is 11.5 Å². The smallest absolute Gasteiger partial charge is 0.407 e. The molecule has 1 saturated carbocycles. The number of phenols is 1. The molecule has 0 unspecified atom stereocenters. The number of rotatable bonds is 5. The van der Waals surface area contributed by atoms with Gasteiger partial charge in [0.2, 0.25) is 0 Å². The molecule has 0 radical (unpaired) electrons. The minimum absolute atomic E-state index is 0.0627. The number of carbonyl (C=O) groups excluding carboxylic acids is 1. The van der Waals surface area contributed by atoms with Gasteiger partial charge >= 0.3 is 6.09 Å². The van der Waals surface area contributed by atoms with E-state index < -0.39 is 5.60 Å². The van der Waals surface area contributed by atoms with Gasteiger partial charge in [-0.05, 0) is 50.6 Å². The fourth-order valence-corrected chi connectivity index (χ4v) is 3.29. The van der Waals surface area contributed by atoms with E-state index in [2.05, 4.69) is 24.1 Å². The molecule has 1 aliphatic rings. The predicted octanol–water partition coefficient (Wildman–Crippen LogP) is 4.55. The summed E-state index contributed by atoms with van der Waals surface area (Å²) < 4.78 is 11.2. The van der Waals surface area contributed by atoms with Gasteiger partial charge in [0.15, 0.2) is 0 Å². The number of hydrogen-bond donors (Lipinski definition) is 2. The van der Waals surface area contributed by atoms with E-state index in [4.69, 9.17) is 9.47 Å². The third kappa shape index (κ3) is 5.40. The lowest BCUT2D eigenvalue weighted by atomic mass is 9.81. The van der Waals surface area contributed by atoms with Gasteiger partial charge in [-0.25, -0.2) is 4.79 Å². The van der Waals surface area contributed by atoms with E-state index in [0.717, 1.165) is 29.8 Å². The second-order valence-corrected chi connectivity index (χ2v) is 9.11. The Hall–Kier alpha value is -2.76. The van der Waals surface area contributed by atoms with Crippen LogP contribution in [0.3, 0.4) is 0 Å². The third-order valence-corrected chi connectivity index (χ3v) is 5.08. The van der Waals surface area contributed by atoms with Gasteiger partial charge in [-0.2, -0.15) is 0 Å². The summed E-state index contributed by atoms with van der Waals surface area (Å²) >= 11 is 0. The van der Waals surface area contributed by atoms with Crippen molar-refractivity contribution in [2.45, 2.75) is 70.6 Å². The maximum Gasteiger partial charge on any atom is 0.407 e. The van der Waals surface area contributed by atoms with Crippen LogP contribution in [0.25, 0.3) is 0 Å². The minimum atomic E-state index is -0.495. The largest absolute Gasteiger partial charge is 0.508 e. The maximum atomic E-state index is 11.8. The van der Waals surface area contributed by atoms with E-state index in [1.54, 1.807) is 18.3 Å². The van der Waals surface area contributed by atoms with Crippen molar-refractivity contribution in [3.8, 4) is 11.5 Å². The molecule has 0 saturated heterocycles. The van der Waals surface area contributed by atoms with Crippen LogP contribution in [-0.4, -0.2) is 33.9 Å². The molecule has 2 N–H and O–H groups in total. The first-order valence-electron chi connectivity index (χ1n) is 9.95. The summed E-state index contributed by atoms with van der Waals surface area (Å²) in [6.07, 6.45) is 2.92. The molecule has 1 aromatic carbocycles. The molecule has 1 amide bonds. The Kier molecular flexibility index (Phi) is 5.73. The molecule has 2 aromatic rings. The Bertz CT molecular complexity index is 833. The van der Waals surface area contributed by atoms with Crippen LogP contribution >= 0.6 is 0 Å². The summed E-state index contributed by atoms with van der Waals surface area (Å²) in [5.41, 5.74) is 1.22. The Morgan fingerprint density at radius 1 is 1.07 bits per heavy atom. The molecule has 1 aromatic heterocycles. The average Bonchev–Trinajstić information content (AvgIpc) is 2.59. The molecule has 1 aliphatic carbocycles. The minimum Gasteiger partial charge on any atom is -0.508 e. The van der Waals surface area contributed by atoms with E-state index in [9.17, 15) is 9.90 Å². The van der Waals surface area contributed by atoms with Gasteiger partial charge < -0.3 is 19.9 Å². The first-order valence-corrected chi connectivity index (χ1v) is 9.95. The van der Waals surface area contributed by atoms with Gasteiger partial charge in [0.05, 0.1) is 11.9 Å². The Labute approximate surface area is 172 Å². The molecule has 6 nitrogen and oxygen atoms in total. The third-order valence-electron chi connectivity index (χ3n) is 5.08. The molecule has 0 aliphatic heterocycles. The zero-order valence-corrected chi connectivity index (χ0v) is 17.7. The summed E-state index contributed by atoms with van der Waals surface area (Å²) in [6.45, 7) is 9.73. The first-order chi connectivity index (χ1) is 13.5. The fourth-order valence-electron chi connectivity index (χ4n) is 3.29. The normalized spacial score (nSPS) is 19.2. The van der Waals surface area contributed by atoms with Crippen molar-refractivity contribution < 1.29 is 19.4 Å². The quantitative estimate of drug-likeness (QED) is 0.772. The fraction of sp³-hybridized carbons (Fsp3) is 0.478. The highest BCUT2D eigenvalue weighted by Crippen LogP contribution is 2.32. The van der Waals surface area contributed by atoms with Crippen LogP contribution in [0.1, 0.15) is 58.7 Å². The van der Waals surface area contributed by atoms with Crippen LogP contribution in [-0.2, 0) is 10.2 Å². The van der Waals surface area contributed by atoms with Crippen molar-refractivity contribution in [1.82, 2.24) is 10.3 Å². The molecule has 1 fully saturated rings. The molecule has 3 rings (SSSR count). The number of benzene rings is 1. The number of aromatic hydroxyl groups is 1. The second kappa shape index (κ2) is 7.93. The van der Waals surface area contributed by atoms with E-state index in [1.807, 2.05) is 45.0 Å². The number of amides is 1. The predicted molar refractivity (Wildman–Crippen MR) is 111 cm³/mol. The number of nitrogens with one attached hydrogen (secondary N) is 1. The van der Waals surface area contributed by atoms with Crippen molar-refractivity contribution in [2.75, 3.05) is 0 Å². The van der Waals surface area contributed by atoms with Crippen LogP contribution in [0.15, 0.2) is 42.6 Å². The number of pyridine rings is 1. The summed E-state index contributed by atoms with van der Waals surface area (Å²) in [5.74, 6) is 0.970. The van der Waals surface area contributed by atoms with Crippen molar-refractivity contribution in [3.63, 3.8) is 0 Å². The standard InChI is InChI=1S/C23H30N2O4/c1-22(2,3)29-21(27)25-16-12-19(13-16)28-18-10-11-20(24-14-18)23(4,5)15-6-8-17(26)9-7-15/h6-11,14,16,19,26H,12-13H2,1-5H3,(H,25,27). The molecular formula is C23H30N2O4. The summed E-state index contributed by atoms with van der Waals surface area (Å²) in [6, 6.07) is 11.2. The number of aromatic nitrogens is 1. The van der Waals surface area contributed by atoms with E-state index >= 15 is 0 Å². The van der Waals surface area contributed by atoms with E-state index in [0.29, 0.717) is 0 Å². The van der Waals surface area contributed by atoms with Gasteiger partial charge in [0, 0.05) is 24.3 Å². The highest BCUT2D eigenvalue weighted by molar-refractivity contribution is 5.68. The Balaban J connectivity index is 1.52. The van der Waals surface area contributed by atoms with Crippen LogP contribution in [0.4, 0.5) is 4.79 Å². The second-order valence-electron chi connectivity index (χ2n) is 9.11. The lowest BCUT2D eigenvalue weighted by Crippen LogP contribution is -2.50. The van der Waals surface area contributed by atoms with Crippen molar-refractivity contribution >= 4 is 6.09 Å². The number of hydrogen-bond acceptors (Lipinski definition) is 5. The SMILES string of the molecule is CC(C)(C)OC(=O)NC1CC(Oc2ccc(C(C)(C)c3ccc(O)cc3)nc2)C1. The summed E-state index contributed by atoms with van der Waals surface area (Å²) in [5, 5.41) is 12.4. The van der Waals surface area contributed by atoms with Gasteiger partial charge in [0.25, 0.3) is 0 Å². The van der Waals surface area contributed by atoms with E-state index in [-0.39, 0.29) is 29.4 Å². The van der Waals surface area contributed by atoms with Gasteiger partial charge in [-0.1, -0.05) is 26.0 Å². The number of nitrogens with zero attached hydrogens (tertiary/aromatic N) is 1. The topological polar surface area (TPSA) is 80.7 Å². The lowest BCUT2D eigenvalue weighted by Gasteiger charge is -2.36. The number of carbonyl (C=O) groups is 1. The molecule has 6 heteroatoms. The van der Waals surface area contributed by atoms with Crippen LogP contribution in [0, 0.1) is 0 Å². The van der Waals surface area contributed by atoms with Crippen molar-refractivity contribution in [3.05, 3.63) is 53.9 Å². The van der Waals surface area contributed by atoms with Gasteiger partial charge in [-0.15, -0.1) is 0 Å². The number of alkyl carbamates (subject to hydrolysis) is 1. The van der Waals surface area contributed by atoms with Crippen molar-refractivity contribution in [2.24, 2.45) is 0 Å². The molecule has 0 atom stereocenters. The lowest BCUT2D eigenvalue weighted by molar-refractivity contribution is 0.0362. The molecule has 0 bridgehead atoms. The summed E-state index contributed by atoms with van der Waals surface area (Å²) in [7, 11) is 0. The Morgan fingerprint density at radius 3 is 2.28 bits per heavy atom. The molecule has 156 valence electrons. The van der Waals surface area contributed by atoms with Gasteiger partial charge in [-0.3, -0.25) is 4.98 Å². The highest BCUT2D eigenvalue weighted by atomic mass is 16.6. The number of phenolic OH excluding ortho intramolecular Hbond substituents is 1. The first kappa shape index (κ1) is 21.0.